The van der Waals surface area contributed by atoms with E-state index in [0.717, 1.165) is 33.2 Å². The van der Waals surface area contributed by atoms with Crippen LogP contribution in [0.25, 0.3) is 10.9 Å². The summed E-state index contributed by atoms with van der Waals surface area (Å²) in [5.74, 6) is 0.509. The summed E-state index contributed by atoms with van der Waals surface area (Å²) in [6.07, 6.45) is -2.69. The Morgan fingerprint density at radius 1 is 1.19 bits per heavy atom. The van der Waals surface area contributed by atoms with Crippen molar-refractivity contribution in [3.63, 3.8) is 0 Å². The minimum absolute atomic E-state index is 0.167. The van der Waals surface area contributed by atoms with Crippen molar-refractivity contribution in [1.29, 1.82) is 0 Å². The number of pyridine rings is 1. The van der Waals surface area contributed by atoms with E-state index < -0.39 is 11.9 Å². The number of rotatable bonds is 5. The second-order valence-corrected chi connectivity index (χ2v) is 6.61. The number of hydrogen-bond donors (Lipinski definition) is 2. The summed E-state index contributed by atoms with van der Waals surface area (Å²) < 4.78 is 37.9. The van der Waals surface area contributed by atoms with E-state index >= 15 is 0 Å². The summed E-state index contributed by atoms with van der Waals surface area (Å²) >= 11 is 0.966. The number of fused-ring (bicyclic) bond motifs is 1. The lowest BCUT2D eigenvalue weighted by Crippen LogP contribution is -2.36. The molecule has 0 aliphatic carbocycles. The fourth-order valence-corrected chi connectivity index (χ4v) is 3.22. The number of aromatic nitrogens is 2. The maximum Gasteiger partial charge on any atom is 0.434 e. The van der Waals surface area contributed by atoms with Crippen molar-refractivity contribution in [2.45, 2.75) is 26.2 Å². The molecule has 0 unspecified atom stereocenters. The van der Waals surface area contributed by atoms with E-state index in [1.54, 1.807) is 6.20 Å². The Kier molecular flexibility index (Phi) is 5.90. The third-order valence-corrected chi connectivity index (χ3v) is 4.57. The molecule has 142 valence electrons. The van der Waals surface area contributed by atoms with Gasteiger partial charge >= 0.3 is 6.18 Å². The first-order valence-corrected chi connectivity index (χ1v) is 9.21. The predicted molar refractivity (Wildman–Crippen MR) is 101 cm³/mol. The quantitative estimate of drug-likeness (QED) is 0.509. The number of alkyl halides is 3. The van der Waals surface area contributed by atoms with Crippen LogP contribution in [0.4, 0.5) is 13.2 Å². The molecule has 3 rings (SSSR count). The molecule has 27 heavy (non-hydrogen) atoms. The van der Waals surface area contributed by atoms with E-state index in [2.05, 4.69) is 25.6 Å². The number of nitrogens with one attached hydrogen (secondary N) is 2. The molecule has 0 fully saturated rings. The highest BCUT2D eigenvalue weighted by atomic mass is 32.1. The maximum absolute atomic E-state index is 12.6. The van der Waals surface area contributed by atoms with E-state index in [-0.39, 0.29) is 6.54 Å². The summed E-state index contributed by atoms with van der Waals surface area (Å²) in [4.78, 5) is 12.5. The molecule has 5 nitrogen and oxygen atoms in total. The van der Waals surface area contributed by atoms with Gasteiger partial charge in [0.15, 0.2) is 11.7 Å². The molecule has 0 amide bonds. The average molecular weight is 393 g/mol. The Labute approximate surface area is 158 Å². The first kappa shape index (κ1) is 19.1. The summed E-state index contributed by atoms with van der Waals surface area (Å²) in [6, 6.07) is 9.76. The molecular formula is C18H18F3N5S. The Morgan fingerprint density at radius 3 is 2.74 bits per heavy atom. The summed E-state index contributed by atoms with van der Waals surface area (Å²) in [6.45, 7) is 3.11. The molecule has 0 aliphatic rings. The Balaban J connectivity index is 1.70. The zero-order valence-electron chi connectivity index (χ0n) is 14.5. The summed E-state index contributed by atoms with van der Waals surface area (Å²) in [7, 11) is 0. The van der Waals surface area contributed by atoms with Crippen LogP contribution in [0.15, 0.2) is 46.9 Å². The fraction of sp³-hybridized carbons (Fsp3) is 0.278. The highest BCUT2D eigenvalue weighted by Gasteiger charge is 2.33. The Morgan fingerprint density at radius 2 is 2.00 bits per heavy atom. The number of nitrogens with zero attached hydrogens (tertiary/aromatic N) is 3. The van der Waals surface area contributed by atoms with Crippen LogP contribution in [0.3, 0.4) is 0 Å². The minimum atomic E-state index is -4.42. The van der Waals surface area contributed by atoms with Crippen LogP contribution in [0.1, 0.15) is 23.2 Å². The van der Waals surface area contributed by atoms with Crippen molar-refractivity contribution in [1.82, 2.24) is 20.6 Å². The molecule has 1 aromatic carbocycles. The molecule has 0 atom stereocenters. The van der Waals surface area contributed by atoms with Crippen LogP contribution in [-0.2, 0) is 19.3 Å². The van der Waals surface area contributed by atoms with Crippen molar-refractivity contribution in [2.75, 3.05) is 6.54 Å². The highest BCUT2D eigenvalue weighted by molar-refractivity contribution is 7.09. The van der Waals surface area contributed by atoms with E-state index in [1.807, 2.05) is 37.3 Å². The lowest BCUT2D eigenvalue weighted by Gasteiger charge is -2.10. The number of halogens is 3. The first-order chi connectivity index (χ1) is 13.0. The van der Waals surface area contributed by atoms with Crippen molar-refractivity contribution >= 4 is 28.2 Å². The van der Waals surface area contributed by atoms with E-state index in [1.165, 1.54) is 0 Å². The summed E-state index contributed by atoms with van der Waals surface area (Å²) in [5, 5.41) is 8.50. The molecule has 0 bridgehead atoms. The van der Waals surface area contributed by atoms with Gasteiger partial charge < -0.3 is 10.6 Å². The molecule has 0 aliphatic heterocycles. The SMILES string of the molecule is CCNC(=NCc1cccc2cccnc12)NCc1nc(C(F)(F)F)cs1. The molecular weight excluding hydrogens is 375 g/mol. The molecule has 9 heteroatoms. The summed E-state index contributed by atoms with van der Waals surface area (Å²) in [5.41, 5.74) is 0.987. The van der Waals surface area contributed by atoms with Crippen LogP contribution in [0, 0.1) is 0 Å². The van der Waals surface area contributed by atoms with Crippen LogP contribution in [0.2, 0.25) is 0 Å². The predicted octanol–water partition coefficient (Wildman–Crippen LogP) is 3.97. The normalized spacial score (nSPS) is 12.4. The molecule has 0 spiro atoms. The number of guanidine groups is 1. The zero-order chi connectivity index (χ0) is 19.3. The van der Waals surface area contributed by atoms with Gasteiger partial charge in [-0.1, -0.05) is 24.3 Å². The van der Waals surface area contributed by atoms with Crippen molar-refractivity contribution in [3.05, 3.63) is 58.2 Å². The van der Waals surface area contributed by atoms with Gasteiger partial charge in [0.25, 0.3) is 0 Å². The molecule has 3 aromatic rings. The smallest absolute Gasteiger partial charge is 0.357 e. The van der Waals surface area contributed by atoms with Crippen LogP contribution >= 0.6 is 11.3 Å². The fourth-order valence-electron chi connectivity index (χ4n) is 2.48. The Hall–Kier alpha value is -2.68. The largest absolute Gasteiger partial charge is 0.434 e. The van der Waals surface area contributed by atoms with Crippen molar-refractivity contribution in [2.24, 2.45) is 4.99 Å². The monoisotopic (exact) mass is 393 g/mol. The lowest BCUT2D eigenvalue weighted by molar-refractivity contribution is -0.140. The zero-order valence-corrected chi connectivity index (χ0v) is 15.4. The number of benzene rings is 1. The topological polar surface area (TPSA) is 62.2 Å². The van der Waals surface area contributed by atoms with E-state index in [9.17, 15) is 13.2 Å². The number of aliphatic imine (C=N–C) groups is 1. The second kappa shape index (κ2) is 8.34. The average Bonchev–Trinajstić information content (AvgIpc) is 3.13. The Bertz CT molecular complexity index is 931. The molecule has 2 N–H and O–H groups in total. The maximum atomic E-state index is 12.6. The third kappa shape index (κ3) is 4.94. The number of para-hydroxylation sites is 1. The van der Waals surface area contributed by atoms with Crippen LogP contribution < -0.4 is 10.6 Å². The minimum Gasteiger partial charge on any atom is -0.357 e. The standard InChI is InChI=1S/C18H18F3N5S/c1-2-22-17(25-10-15-26-14(11-27-15)18(19,20)21)24-9-13-6-3-5-12-7-4-8-23-16(12)13/h3-8,11H,2,9-10H2,1H3,(H2,22,24,25). The second-order valence-electron chi connectivity index (χ2n) is 5.67. The third-order valence-electron chi connectivity index (χ3n) is 3.72. The van der Waals surface area contributed by atoms with Crippen LogP contribution in [-0.4, -0.2) is 22.5 Å². The molecule has 0 saturated carbocycles. The highest BCUT2D eigenvalue weighted by Crippen LogP contribution is 2.29. The number of hydrogen-bond acceptors (Lipinski definition) is 4. The van der Waals surface area contributed by atoms with Crippen molar-refractivity contribution in [3.8, 4) is 0 Å². The van der Waals surface area contributed by atoms with Gasteiger partial charge in [-0.2, -0.15) is 13.2 Å². The van der Waals surface area contributed by atoms with Gasteiger partial charge in [0.2, 0.25) is 0 Å². The van der Waals surface area contributed by atoms with Gasteiger partial charge in [-0.05, 0) is 18.6 Å². The van der Waals surface area contributed by atoms with Crippen LogP contribution in [0.5, 0.6) is 0 Å². The lowest BCUT2D eigenvalue weighted by atomic mass is 10.1. The van der Waals surface area contributed by atoms with E-state index in [4.69, 9.17) is 0 Å². The van der Waals surface area contributed by atoms with E-state index in [0.29, 0.717) is 24.1 Å². The van der Waals surface area contributed by atoms with Gasteiger partial charge in [-0.3, -0.25) is 4.98 Å². The first-order valence-electron chi connectivity index (χ1n) is 8.33. The molecule has 2 heterocycles. The van der Waals surface area contributed by atoms with Gasteiger partial charge in [0, 0.05) is 23.5 Å². The van der Waals surface area contributed by atoms with Gasteiger partial charge in [-0.15, -0.1) is 11.3 Å². The molecule has 0 saturated heterocycles. The van der Waals surface area contributed by atoms with Crippen molar-refractivity contribution < 1.29 is 13.2 Å². The van der Waals surface area contributed by atoms with Gasteiger partial charge in [0.05, 0.1) is 18.6 Å². The van der Waals surface area contributed by atoms with Gasteiger partial charge in [-0.25, -0.2) is 9.98 Å². The van der Waals surface area contributed by atoms with Gasteiger partial charge in [0.1, 0.15) is 5.01 Å². The molecule has 2 aromatic heterocycles. The number of thiazole rings is 1. The molecule has 0 radical (unpaired) electrons.